The molecule has 0 unspecified atom stereocenters. The first-order valence-electron chi connectivity index (χ1n) is 6.85. The maximum absolute atomic E-state index is 12.7. The van der Waals surface area contributed by atoms with E-state index in [1.54, 1.807) is 4.90 Å². The van der Waals surface area contributed by atoms with Gasteiger partial charge in [0, 0.05) is 22.6 Å². The van der Waals surface area contributed by atoms with Gasteiger partial charge in [-0.2, -0.15) is 0 Å². The zero-order valence-corrected chi connectivity index (χ0v) is 12.6. The highest BCUT2D eigenvalue weighted by atomic mass is 32.1. The lowest BCUT2D eigenvalue weighted by Gasteiger charge is -2.20. The van der Waals surface area contributed by atoms with Crippen LogP contribution in [0.15, 0.2) is 54.6 Å². The van der Waals surface area contributed by atoms with Crippen LogP contribution in [0.2, 0.25) is 0 Å². The average Bonchev–Trinajstić information content (AvgIpc) is 2.92. The number of benzene rings is 2. The van der Waals surface area contributed by atoms with Crippen molar-refractivity contribution in [2.24, 2.45) is 0 Å². The predicted octanol–water partition coefficient (Wildman–Crippen LogP) is 4.15. The van der Waals surface area contributed by atoms with Crippen LogP contribution < -0.4 is 10.6 Å². The van der Waals surface area contributed by atoms with Gasteiger partial charge in [-0.1, -0.05) is 18.2 Å². The smallest absolute Gasteiger partial charge is 0.268 e. The third-order valence-electron chi connectivity index (χ3n) is 3.38. The Labute approximate surface area is 127 Å². The fourth-order valence-electron chi connectivity index (χ4n) is 2.35. The normalized spacial score (nSPS) is 10.7. The molecule has 0 radical (unpaired) electrons. The van der Waals surface area contributed by atoms with Crippen molar-refractivity contribution in [1.29, 1.82) is 0 Å². The largest absolute Gasteiger partial charge is 0.399 e. The molecule has 0 saturated carbocycles. The van der Waals surface area contributed by atoms with Crippen LogP contribution in [-0.4, -0.2) is 12.5 Å². The van der Waals surface area contributed by atoms with Gasteiger partial charge in [-0.15, -0.1) is 11.3 Å². The summed E-state index contributed by atoms with van der Waals surface area (Å²) in [7, 11) is 0. The Kier molecular flexibility index (Phi) is 3.62. The van der Waals surface area contributed by atoms with Gasteiger partial charge in [-0.05, 0) is 48.7 Å². The van der Waals surface area contributed by atoms with Crippen molar-refractivity contribution in [3.63, 3.8) is 0 Å². The zero-order valence-electron chi connectivity index (χ0n) is 11.7. The van der Waals surface area contributed by atoms with Gasteiger partial charge in [0.25, 0.3) is 5.91 Å². The molecule has 2 N–H and O–H groups in total. The van der Waals surface area contributed by atoms with Gasteiger partial charge in [0.2, 0.25) is 0 Å². The number of carbonyl (C=O) groups excluding carboxylic acids is 1. The monoisotopic (exact) mass is 296 g/mol. The summed E-state index contributed by atoms with van der Waals surface area (Å²) in [6.07, 6.45) is 0. The molecule has 21 heavy (non-hydrogen) atoms. The number of fused-ring (bicyclic) bond motifs is 1. The molecule has 3 aromatic rings. The summed E-state index contributed by atoms with van der Waals surface area (Å²) in [5.74, 6) is 0.0310. The van der Waals surface area contributed by atoms with E-state index in [0.717, 1.165) is 26.3 Å². The Balaban J connectivity index is 1.98. The molecule has 0 atom stereocenters. The number of nitrogen functional groups attached to an aromatic ring is 1. The summed E-state index contributed by atoms with van der Waals surface area (Å²) in [5, 5.41) is 1.02. The second kappa shape index (κ2) is 5.58. The quantitative estimate of drug-likeness (QED) is 0.738. The van der Waals surface area contributed by atoms with Crippen LogP contribution in [0, 0.1) is 0 Å². The fourth-order valence-corrected chi connectivity index (χ4v) is 3.34. The molecule has 0 bridgehead atoms. The number of nitrogens with two attached hydrogens (primary N) is 1. The number of anilines is 2. The number of rotatable bonds is 3. The highest BCUT2D eigenvalue weighted by molar-refractivity contribution is 7.20. The summed E-state index contributed by atoms with van der Waals surface area (Å²) in [6, 6.07) is 17.4. The first-order chi connectivity index (χ1) is 10.2. The summed E-state index contributed by atoms with van der Waals surface area (Å²) in [5.41, 5.74) is 7.43. The number of hydrogen-bond donors (Lipinski definition) is 1. The van der Waals surface area contributed by atoms with E-state index in [0.29, 0.717) is 6.54 Å². The van der Waals surface area contributed by atoms with Crippen LogP contribution in [0.25, 0.3) is 10.1 Å². The highest BCUT2D eigenvalue weighted by Gasteiger charge is 2.18. The molecule has 0 spiro atoms. The van der Waals surface area contributed by atoms with Crippen molar-refractivity contribution >= 4 is 38.7 Å². The van der Waals surface area contributed by atoms with Gasteiger partial charge >= 0.3 is 0 Å². The summed E-state index contributed by atoms with van der Waals surface area (Å²) < 4.78 is 1.08. The molecular weight excluding hydrogens is 280 g/mol. The summed E-state index contributed by atoms with van der Waals surface area (Å²) >= 11 is 1.51. The minimum atomic E-state index is 0.0310. The van der Waals surface area contributed by atoms with Crippen LogP contribution in [0.1, 0.15) is 16.6 Å². The van der Waals surface area contributed by atoms with Gasteiger partial charge in [0.15, 0.2) is 0 Å². The molecule has 3 rings (SSSR count). The molecule has 1 aromatic heterocycles. The Morgan fingerprint density at radius 3 is 2.62 bits per heavy atom. The van der Waals surface area contributed by atoms with Crippen LogP contribution >= 0.6 is 11.3 Å². The van der Waals surface area contributed by atoms with Crippen LogP contribution in [0.4, 0.5) is 11.4 Å². The summed E-state index contributed by atoms with van der Waals surface area (Å²) in [4.78, 5) is 15.3. The molecular formula is C17H16N2OS. The van der Waals surface area contributed by atoms with Gasteiger partial charge < -0.3 is 10.6 Å². The molecule has 0 saturated heterocycles. The molecule has 1 amide bonds. The first kappa shape index (κ1) is 13.6. The van der Waals surface area contributed by atoms with E-state index in [4.69, 9.17) is 5.73 Å². The van der Waals surface area contributed by atoms with Gasteiger partial charge in [-0.3, -0.25) is 4.79 Å². The predicted molar refractivity (Wildman–Crippen MR) is 90.0 cm³/mol. The van der Waals surface area contributed by atoms with E-state index in [-0.39, 0.29) is 5.91 Å². The molecule has 0 aliphatic rings. The minimum absolute atomic E-state index is 0.0310. The Bertz CT molecular complexity index is 780. The molecule has 4 heteroatoms. The second-order valence-electron chi connectivity index (χ2n) is 4.79. The lowest BCUT2D eigenvalue weighted by atomic mass is 10.2. The average molecular weight is 296 g/mol. The molecule has 0 aliphatic carbocycles. The molecule has 1 heterocycles. The Morgan fingerprint density at radius 1 is 1.14 bits per heavy atom. The van der Waals surface area contributed by atoms with Gasteiger partial charge in [-0.25, -0.2) is 0 Å². The lowest BCUT2D eigenvalue weighted by Crippen LogP contribution is -2.29. The van der Waals surface area contributed by atoms with Gasteiger partial charge in [0.1, 0.15) is 0 Å². The van der Waals surface area contributed by atoms with Crippen LogP contribution in [0.3, 0.4) is 0 Å². The van der Waals surface area contributed by atoms with Crippen molar-refractivity contribution in [3.8, 4) is 0 Å². The van der Waals surface area contributed by atoms with Crippen molar-refractivity contribution in [2.45, 2.75) is 6.92 Å². The van der Waals surface area contributed by atoms with Crippen molar-refractivity contribution in [3.05, 3.63) is 59.5 Å². The third-order valence-corrected chi connectivity index (χ3v) is 4.48. The van der Waals surface area contributed by atoms with E-state index in [1.165, 1.54) is 11.3 Å². The van der Waals surface area contributed by atoms with Crippen molar-refractivity contribution in [1.82, 2.24) is 0 Å². The standard InChI is InChI=1S/C17H16N2OS/c1-2-19(14-6-4-3-5-7-14)17(20)16-11-12-10-13(18)8-9-15(12)21-16/h3-11H,2,18H2,1H3. The van der Waals surface area contributed by atoms with Crippen molar-refractivity contribution in [2.75, 3.05) is 17.2 Å². The molecule has 3 nitrogen and oxygen atoms in total. The maximum Gasteiger partial charge on any atom is 0.268 e. The number of thiophene rings is 1. The molecule has 106 valence electrons. The molecule has 0 fully saturated rings. The zero-order chi connectivity index (χ0) is 14.8. The molecule has 0 aliphatic heterocycles. The summed E-state index contributed by atoms with van der Waals surface area (Å²) in [6.45, 7) is 2.62. The van der Waals surface area contributed by atoms with E-state index >= 15 is 0 Å². The number of para-hydroxylation sites is 1. The number of hydrogen-bond acceptors (Lipinski definition) is 3. The Morgan fingerprint density at radius 2 is 1.90 bits per heavy atom. The first-order valence-corrected chi connectivity index (χ1v) is 7.66. The third kappa shape index (κ3) is 2.62. The van der Waals surface area contributed by atoms with Gasteiger partial charge in [0.05, 0.1) is 4.88 Å². The van der Waals surface area contributed by atoms with Crippen LogP contribution in [-0.2, 0) is 0 Å². The van der Waals surface area contributed by atoms with Crippen LogP contribution in [0.5, 0.6) is 0 Å². The van der Waals surface area contributed by atoms with Crippen molar-refractivity contribution < 1.29 is 4.79 Å². The Hall–Kier alpha value is -2.33. The maximum atomic E-state index is 12.7. The van der Waals surface area contributed by atoms with E-state index < -0.39 is 0 Å². The van der Waals surface area contributed by atoms with E-state index in [1.807, 2.05) is 61.5 Å². The number of carbonyl (C=O) groups is 1. The minimum Gasteiger partial charge on any atom is -0.399 e. The van der Waals surface area contributed by atoms with E-state index in [9.17, 15) is 4.79 Å². The SMILES string of the molecule is CCN(C(=O)c1cc2cc(N)ccc2s1)c1ccccc1. The number of amides is 1. The fraction of sp³-hybridized carbons (Fsp3) is 0.118. The molecule has 2 aromatic carbocycles. The topological polar surface area (TPSA) is 46.3 Å². The van der Waals surface area contributed by atoms with E-state index in [2.05, 4.69) is 0 Å². The lowest BCUT2D eigenvalue weighted by molar-refractivity contribution is 0.0992. The highest BCUT2D eigenvalue weighted by Crippen LogP contribution is 2.29. The number of nitrogens with zero attached hydrogens (tertiary/aromatic N) is 1. The second-order valence-corrected chi connectivity index (χ2v) is 5.88.